The molecule has 2 saturated heterocycles. The topological polar surface area (TPSA) is 364 Å². The monoisotopic (exact) mass is 1140 g/mol. The summed E-state index contributed by atoms with van der Waals surface area (Å²) in [5.74, 6) is 2.21. The highest BCUT2D eigenvalue weighted by Crippen LogP contribution is 2.31. The third kappa shape index (κ3) is 19.7. The number of carboxylic acids is 1. The fraction of sp³-hybridized carbons (Fsp3) is 0.593. The molecule has 2 aromatic carbocycles. The van der Waals surface area contributed by atoms with Crippen LogP contribution in [0.25, 0.3) is 11.2 Å². The quantitative estimate of drug-likeness (QED) is 0.0238. The minimum Gasteiger partial charge on any atom is -0.478 e. The first-order valence-electron chi connectivity index (χ1n) is 27.5. The Kier molecular flexibility index (Phi) is 25.5. The van der Waals surface area contributed by atoms with Gasteiger partial charge in [-0.1, -0.05) is 51.5 Å². The van der Waals surface area contributed by atoms with Crippen LogP contribution in [-0.2, 0) is 67.3 Å². The van der Waals surface area contributed by atoms with Gasteiger partial charge in [0.1, 0.15) is 29.8 Å². The number of nitrogens with two attached hydrogens (primary N) is 3. The highest BCUT2D eigenvalue weighted by atomic mass is 16.6. The van der Waals surface area contributed by atoms with Gasteiger partial charge in [0.2, 0.25) is 17.7 Å². The summed E-state index contributed by atoms with van der Waals surface area (Å²) in [6.07, 6.45) is 2.72. The zero-order chi connectivity index (χ0) is 58.2. The number of ether oxygens (including phenoxy) is 7. The number of anilines is 2. The average Bonchev–Trinajstić information content (AvgIpc) is 3.84. The maximum absolute atomic E-state index is 13.7. The number of fused-ring (bicyclic) bond motifs is 1. The van der Waals surface area contributed by atoms with Gasteiger partial charge in [-0.3, -0.25) is 23.9 Å². The van der Waals surface area contributed by atoms with Crippen LogP contribution in [0.1, 0.15) is 86.3 Å². The lowest BCUT2D eigenvalue weighted by atomic mass is 9.91. The van der Waals surface area contributed by atoms with E-state index in [4.69, 9.17) is 50.5 Å². The van der Waals surface area contributed by atoms with E-state index in [2.05, 4.69) is 40.6 Å². The molecule has 27 nitrogen and oxygen atoms in total. The van der Waals surface area contributed by atoms with Crippen molar-refractivity contribution in [3.8, 4) is 6.01 Å². The smallest absolute Gasteiger partial charge is 0.410 e. The van der Waals surface area contributed by atoms with Crippen molar-refractivity contribution in [2.45, 2.75) is 96.7 Å². The lowest BCUT2D eigenvalue weighted by molar-refractivity contribution is -0.181. The van der Waals surface area contributed by atoms with Crippen molar-refractivity contribution in [2.24, 2.45) is 17.5 Å². The number of carbonyl (C=O) groups is 5. The van der Waals surface area contributed by atoms with Gasteiger partial charge in [-0.25, -0.2) is 20.3 Å². The van der Waals surface area contributed by atoms with Crippen molar-refractivity contribution in [2.75, 3.05) is 116 Å². The molecular formula is C54H80N12O15. The van der Waals surface area contributed by atoms with Crippen molar-refractivity contribution in [3.63, 3.8) is 0 Å². The van der Waals surface area contributed by atoms with E-state index < -0.39 is 47.3 Å². The Bertz CT molecular complexity index is 2720. The van der Waals surface area contributed by atoms with Gasteiger partial charge in [0.05, 0.1) is 91.3 Å². The van der Waals surface area contributed by atoms with Gasteiger partial charge in [-0.2, -0.15) is 9.97 Å². The van der Waals surface area contributed by atoms with E-state index in [0.29, 0.717) is 135 Å². The molecule has 2 aliphatic rings. The minimum atomic E-state index is -1.15. The Labute approximate surface area is 470 Å². The standard InChI is InChI=1S/C54H80N12O15/c1-4-5-18-78-51-62-46(56)45-47(63-51)66(52(72)61-45)31-39-12-9-38(29-41(39)50(70)71)30-64-33-54(34-64)35-65(17-20-80-54)53(73)79-32-37-10-13-40(14-11-37)58-48(68)42(8-6-7-16-55)59-49(69)44(36(2)3)60-43(67)15-19-74-21-22-75-23-24-76-25-26-77-27-28-81-57/h9-14,29,36,42,44H,4-8,15-28,30-35,55,57H2,1-3H3,(H,58,68)(H,59,69)(H,60,67)(H,61,72)(H,70,71)(H2,56,62,63)/t42-,44-/m0/s1. The largest absolute Gasteiger partial charge is 0.478 e. The van der Waals surface area contributed by atoms with Crippen LogP contribution in [0.3, 0.4) is 0 Å². The van der Waals surface area contributed by atoms with Crippen molar-refractivity contribution in [1.82, 2.24) is 40.0 Å². The molecule has 0 radical (unpaired) electrons. The molecule has 4 aromatic rings. The van der Waals surface area contributed by atoms with Gasteiger partial charge >= 0.3 is 23.8 Å². The molecule has 81 heavy (non-hydrogen) atoms. The molecule has 446 valence electrons. The molecule has 0 bridgehead atoms. The number of nitrogens with one attached hydrogen (secondary N) is 4. The molecular weight excluding hydrogens is 1060 g/mol. The second-order valence-electron chi connectivity index (χ2n) is 20.1. The van der Waals surface area contributed by atoms with Crippen LogP contribution in [0.2, 0.25) is 0 Å². The molecule has 1 spiro atoms. The van der Waals surface area contributed by atoms with Crippen LogP contribution >= 0.6 is 0 Å². The molecule has 4 heterocycles. The van der Waals surface area contributed by atoms with Gasteiger partial charge in [0.25, 0.3) is 0 Å². The van der Waals surface area contributed by atoms with Crippen molar-refractivity contribution >= 4 is 52.5 Å². The number of aromatic nitrogens is 4. The SMILES string of the molecule is CCCCOc1nc(N)c2[nH]c(=O)n(Cc3ccc(CN4CC5(C4)CN(C(=O)OCc4ccc(NC(=O)[C@H](CCCCN)NC(=O)[C@@H](NC(=O)CCOCCOCCOCCOCCON)C(C)C)cc4)CCO5)cc3C(=O)O)c2n1. The normalized spacial score (nSPS) is 14.9. The summed E-state index contributed by atoms with van der Waals surface area (Å²) >= 11 is 0. The van der Waals surface area contributed by atoms with E-state index in [9.17, 15) is 33.9 Å². The number of carboxylic acid groups (broad SMARTS) is 1. The number of hydrogen-bond donors (Lipinski definition) is 8. The molecule has 11 N–H and O–H groups in total. The Morgan fingerprint density at radius 3 is 2.16 bits per heavy atom. The zero-order valence-corrected chi connectivity index (χ0v) is 46.6. The first kappa shape index (κ1) is 63.4. The maximum atomic E-state index is 13.7. The summed E-state index contributed by atoms with van der Waals surface area (Å²) < 4.78 is 40.5. The number of carbonyl (C=O) groups excluding carboxylic acids is 4. The molecule has 2 fully saturated rings. The van der Waals surface area contributed by atoms with E-state index in [1.54, 1.807) is 55.1 Å². The molecule has 0 unspecified atom stereocenters. The summed E-state index contributed by atoms with van der Waals surface area (Å²) in [5, 5.41) is 18.7. The molecule has 2 aliphatic heterocycles. The number of hydrogen-bond acceptors (Lipinski definition) is 20. The number of H-pyrrole nitrogens is 1. The summed E-state index contributed by atoms with van der Waals surface area (Å²) in [6, 6.07) is 10.1. The van der Waals surface area contributed by atoms with E-state index >= 15 is 0 Å². The van der Waals surface area contributed by atoms with Crippen LogP contribution in [0, 0.1) is 5.92 Å². The number of morpholine rings is 1. The van der Waals surface area contributed by atoms with Gasteiger partial charge in [0, 0.05) is 38.3 Å². The Morgan fingerprint density at radius 1 is 0.827 bits per heavy atom. The lowest BCUT2D eigenvalue weighted by Gasteiger charge is -2.53. The first-order valence-corrected chi connectivity index (χ1v) is 27.5. The van der Waals surface area contributed by atoms with Crippen LogP contribution < -0.4 is 43.7 Å². The number of likely N-dealkylation sites (tertiary alicyclic amines) is 1. The Morgan fingerprint density at radius 2 is 1.51 bits per heavy atom. The number of aromatic amines is 1. The second-order valence-corrected chi connectivity index (χ2v) is 20.1. The highest BCUT2D eigenvalue weighted by molar-refractivity contribution is 5.98. The molecule has 2 aromatic heterocycles. The number of imidazole rings is 1. The highest BCUT2D eigenvalue weighted by Gasteiger charge is 2.48. The first-order chi connectivity index (χ1) is 39.1. The number of nitrogens with zero attached hydrogens (tertiary/aromatic N) is 5. The number of aromatic carboxylic acids is 1. The number of amides is 4. The van der Waals surface area contributed by atoms with Gasteiger partial charge in [-0.15, -0.1) is 0 Å². The second kappa shape index (κ2) is 32.6. The predicted molar refractivity (Wildman–Crippen MR) is 296 cm³/mol. The number of rotatable bonds is 36. The number of nitrogen functional groups attached to an aromatic ring is 1. The summed E-state index contributed by atoms with van der Waals surface area (Å²) in [7, 11) is 0. The van der Waals surface area contributed by atoms with E-state index in [-0.39, 0.29) is 73.2 Å². The fourth-order valence-corrected chi connectivity index (χ4v) is 9.10. The number of unbranched alkanes of at least 4 members (excludes halogenated alkanes) is 2. The molecule has 2 atom stereocenters. The fourth-order valence-electron chi connectivity index (χ4n) is 9.10. The van der Waals surface area contributed by atoms with Crippen LogP contribution in [0.5, 0.6) is 6.01 Å². The lowest BCUT2D eigenvalue weighted by Crippen LogP contribution is -2.70. The van der Waals surface area contributed by atoms with Crippen LogP contribution in [0.4, 0.5) is 16.3 Å². The minimum absolute atomic E-state index is 0.0187. The van der Waals surface area contributed by atoms with Gasteiger partial charge < -0.3 is 80.4 Å². The maximum Gasteiger partial charge on any atom is 0.410 e. The molecule has 27 heteroatoms. The predicted octanol–water partition coefficient (Wildman–Crippen LogP) is 1.89. The zero-order valence-electron chi connectivity index (χ0n) is 46.6. The summed E-state index contributed by atoms with van der Waals surface area (Å²) in [6.45, 7) is 11.6. The Balaban J connectivity index is 0.921. The van der Waals surface area contributed by atoms with Crippen LogP contribution in [-0.4, -0.2) is 187 Å². The third-order valence-corrected chi connectivity index (χ3v) is 13.4. The third-order valence-electron chi connectivity index (χ3n) is 13.4. The molecule has 0 saturated carbocycles. The number of benzene rings is 2. The van der Waals surface area contributed by atoms with Crippen LogP contribution in [0.15, 0.2) is 47.3 Å². The van der Waals surface area contributed by atoms with E-state index in [1.165, 1.54) is 4.57 Å². The van der Waals surface area contributed by atoms with E-state index in [0.717, 1.165) is 18.4 Å². The molecule has 6 rings (SSSR count). The van der Waals surface area contributed by atoms with Crippen molar-refractivity contribution < 1.29 is 67.1 Å². The Hall–Kier alpha value is -6.82. The molecule has 0 aliphatic carbocycles. The summed E-state index contributed by atoms with van der Waals surface area (Å²) in [4.78, 5) is 98.4. The summed E-state index contributed by atoms with van der Waals surface area (Å²) in [5.41, 5.74) is 13.4. The van der Waals surface area contributed by atoms with Crippen molar-refractivity contribution in [1.29, 1.82) is 0 Å². The van der Waals surface area contributed by atoms with E-state index in [1.807, 2.05) is 13.0 Å². The van der Waals surface area contributed by atoms with Gasteiger partial charge in [-0.05, 0) is 73.0 Å². The van der Waals surface area contributed by atoms with Gasteiger partial charge in [0.15, 0.2) is 11.5 Å². The average molecular weight is 1140 g/mol. The van der Waals surface area contributed by atoms with Crippen molar-refractivity contribution in [3.05, 3.63) is 75.2 Å². The molecule has 4 amide bonds.